The van der Waals surface area contributed by atoms with Crippen LogP contribution in [0.1, 0.15) is 17.1 Å². The third-order valence-electron chi connectivity index (χ3n) is 5.46. The Morgan fingerprint density at radius 2 is 1.89 bits per heavy atom. The molecule has 5 aromatic rings. The van der Waals surface area contributed by atoms with Crippen molar-refractivity contribution in [3.8, 4) is 22.7 Å². The molecular weight excluding hydrogens is 444 g/mol. The predicted molar refractivity (Wildman–Crippen MR) is 130 cm³/mol. The summed E-state index contributed by atoms with van der Waals surface area (Å²) >= 11 is 0. The van der Waals surface area contributed by atoms with Gasteiger partial charge in [0.25, 0.3) is 5.95 Å². The zero-order chi connectivity index (χ0) is 24.4. The highest BCUT2D eigenvalue weighted by molar-refractivity contribution is 5.89. The molecule has 5 rings (SSSR count). The average molecular weight is 467 g/mol. The van der Waals surface area contributed by atoms with Crippen molar-refractivity contribution >= 4 is 22.9 Å². The number of rotatable bonds is 5. The Morgan fingerprint density at radius 3 is 2.66 bits per heavy atom. The average Bonchev–Trinajstić information content (AvgIpc) is 3.31. The lowest BCUT2D eigenvalue weighted by molar-refractivity contribution is 0.220. The van der Waals surface area contributed by atoms with Crippen LogP contribution in [0, 0.1) is 13.8 Å². The lowest BCUT2D eigenvalue weighted by atomic mass is 10.0. The number of hydrogen-bond donors (Lipinski definition) is 1. The number of nitrogens with zero attached hydrogens (tertiary/aromatic N) is 7. The van der Waals surface area contributed by atoms with Crippen molar-refractivity contribution in [2.75, 3.05) is 12.4 Å². The SMILES string of the molecule is Cc1ccc(-c2nc(NC(=O)N(C)Cc3ccccn3)nnc2-c2ccc3ncnc(C)c3c2)o1. The molecule has 0 radical (unpaired) electrons. The molecule has 0 atom stereocenters. The van der Waals surface area contributed by atoms with Gasteiger partial charge in [-0.25, -0.2) is 19.7 Å². The molecule has 0 saturated carbocycles. The summed E-state index contributed by atoms with van der Waals surface area (Å²) in [5.74, 6) is 1.31. The summed E-state index contributed by atoms with van der Waals surface area (Å²) in [6.07, 6.45) is 3.23. The van der Waals surface area contributed by atoms with E-state index < -0.39 is 0 Å². The second kappa shape index (κ2) is 9.26. The number of pyridine rings is 1. The van der Waals surface area contributed by atoms with Gasteiger partial charge >= 0.3 is 6.03 Å². The topological polar surface area (TPSA) is 123 Å². The van der Waals surface area contributed by atoms with Gasteiger partial charge in [0.1, 0.15) is 23.5 Å². The summed E-state index contributed by atoms with van der Waals surface area (Å²) in [5, 5.41) is 12.2. The monoisotopic (exact) mass is 466 g/mol. The van der Waals surface area contributed by atoms with E-state index in [0.717, 1.165) is 33.6 Å². The summed E-state index contributed by atoms with van der Waals surface area (Å²) in [4.78, 5) is 31.7. The second-order valence-electron chi connectivity index (χ2n) is 8.04. The molecule has 174 valence electrons. The van der Waals surface area contributed by atoms with E-state index in [2.05, 4.69) is 35.5 Å². The summed E-state index contributed by atoms with van der Waals surface area (Å²) in [6.45, 7) is 4.11. The summed E-state index contributed by atoms with van der Waals surface area (Å²) < 4.78 is 5.84. The van der Waals surface area contributed by atoms with Gasteiger partial charge in [0, 0.05) is 29.9 Å². The Bertz CT molecular complexity index is 1520. The van der Waals surface area contributed by atoms with Crippen molar-refractivity contribution in [1.29, 1.82) is 0 Å². The molecule has 2 amide bonds. The molecule has 35 heavy (non-hydrogen) atoms. The van der Waals surface area contributed by atoms with Crippen LogP contribution in [0.25, 0.3) is 33.6 Å². The van der Waals surface area contributed by atoms with Crippen LogP contribution in [0.15, 0.2) is 65.5 Å². The number of benzene rings is 1. The molecule has 0 bridgehead atoms. The van der Waals surface area contributed by atoms with Crippen LogP contribution < -0.4 is 5.32 Å². The molecule has 10 nitrogen and oxygen atoms in total. The van der Waals surface area contributed by atoms with E-state index in [4.69, 9.17) is 4.42 Å². The highest BCUT2D eigenvalue weighted by Gasteiger charge is 2.19. The van der Waals surface area contributed by atoms with E-state index in [1.165, 1.54) is 11.2 Å². The quantitative estimate of drug-likeness (QED) is 0.404. The maximum absolute atomic E-state index is 12.7. The zero-order valence-corrected chi connectivity index (χ0v) is 19.4. The Hall–Kier alpha value is -4.73. The summed E-state index contributed by atoms with van der Waals surface area (Å²) in [7, 11) is 1.67. The Morgan fingerprint density at radius 1 is 1.00 bits per heavy atom. The van der Waals surface area contributed by atoms with Gasteiger partial charge in [-0.1, -0.05) is 12.1 Å². The highest BCUT2D eigenvalue weighted by atomic mass is 16.3. The first-order chi connectivity index (χ1) is 17.0. The normalized spacial score (nSPS) is 10.9. The van der Waals surface area contributed by atoms with E-state index in [1.807, 2.05) is 62.4 Å². The van der Waals surface area contributed by atoms with Crippen LogP contribution >= 0.6 is 0 Å². The van der Waals surface area contributed by atoms with Gasteiger partial charge in [0.15, 0.2) is 5.76 Å². The second-order valence-corrected chi connectivity index (χ2v) is 8.04. The van der Waals surface area contributed by atoms with Crippen molar-refractivity contribution < 1.29 is 9.21 Å². The third kappa shape index (κ3) is 4.67. The first-order valence-electron chi connectivity index (χ1n) is 10.9. The largest absolute Gasteiger partial charge is 0.460 e. The molecule has 0 saturated heterocycles. The van der Waals surface area contributed by atoms with Gasteiger partial charge in [-0.3, -0.25) is 10.3 Å². The van der Waals surface area contributed by atoms with Gasteiger partial charge in [-0.15, -0.1) is 10.2 Å². The van der Waals surface area contributed by atoms with Crippen molar-refractivity contribution in [1.82, 2.24) is 35.0 Å². The molecule has 0 aliphatic heterocycles. The van der Waals surface area contributed by atoms with E-state index in [1.54, 1.807) is 13.2 Å². The maximum Gasteiger partial charge on any atom is 0.324 e. The number of furan rings is 1. The highest BCUT2D eigenvalue weighted by Crippen LogP contribution is 2.32. The van der Waals surface area contributed by atoms with Crippen LogP contribution in [0.2, 0.25) is 0 Å². The van der Waals surface area contributed by atoms with Crippen molar-refractivity contribution in [3.63, 3.8) is 0 Å². The molecule has 4 heterocycles. The minimum atomic E-state index is -0.384. The minimum absolute atomic E-state index is 0.0657. The number of aryl methyl sites for hydroxylation is 2. The first kappa shape index (κ1) is 22.1. The summed E-state index contributed by atoms with van der Waals surface area (Å²) in [6, 6.07) is 14.6. The fourth-order valence-electron chi connectivity index (χ4n) is 3.64. The molecule has 0 unspecified atom stereocenters. The van der Waals surface area contributed by atoms with Crippen molar-refractivity contribution in [2.45, 2.75) is 20.4 Å². The Balaban J connectivity index is 1.49. The van der Waals surface area contributed by atoms with Crippen LogP contribution in [-0.4, -0.2) is 48.1 Å². The molecular formula is C25H22N8O2. The van der Waals surface area contributed by atoms with E-state index in [9.17, 15) is 4.79 Å². The molecule has 10 heteroatoms. The maximum atomic E-state index is 12.7. The molecule has 0 aliphatic rings. The van der Waals surface area contributed by atoms with Gasteiger partial charge in [0.2, 0.25) is 0 Å². The lowest BCUT2D eigenvalue weighted by Crippen LogP contribution is -2.32. The van der Waals surface area contributed by atoms with Gasteiger partial charge in [-0.2, -0.15) is 0 Å². The molecule has 4 aromatic heterocycles. The number of urea groups is 1. The smallest absolute Gasteiger partial charge is 0.324 e. The molecule has 1 aromatic carbocycles. The fraction of sp³-hybridized carbons (Fsp3) is 0.160. The number of nitrogens with one attached hydrogen (secondary N) is 1. The van der Waals surface area contributed by atoms with Crippen molar-refractivity contribution in [3.05, 3.63) is 78.2 Å². The number of anilines is 1. The molecule has 0 fully saturated rings. The van der Waals surface area contributed by atoms with E-state index in [-0.39, 0.29) is 12.0 Å². The Labute approximate surface area is 201 Å². The van der Waals surface area contributed by atoms with Gasteiger partial charge < -0.3 is 9.32 Å². The number of carbonyl (C=O) groups is 1. The van der Waals surface area contributed by atoms with Crippen LogP contribution in [0.4, 0.5) is 10.7 Å². The molecule has 1 N–H and O–H groups in total. The number of aromatic nitrogens is 6. The van der Waals surface area contributed by atoms with E-state index >= 15 is 0 Å². The van der Waals surface area contributed by atoms with Gasteiger partial charge in [0.05, 0.1) is 17.8 Å². The lowest BCUT2D eigenvalue weighted by Gasteiger charge is -2.17. The van der Waals surface area contributed by atoms with Crippen molar-refractivity contribution in [2.24, 2.45) is 0 Å². The fourth-order valence-corrected chi connectivity index (χ4v) is 3.64. The zero-order valence-electron chi connectivity index (χ0n) is 19.4. The van der Waals surface area contributed by atoms with Crippen LogP contribution in [-0.2, 0) is 6.54 Å². The third-order valence-corrected chi connectivity index (χ3v) is 5.46. The summed E-state index contributed by atoms with van der Waals surface area (Å²) in [5.41, 5.74) is 4.21. The van der Waals surface area contributed by atoms with Crippen LogP contribution in [0.5, 0.6) is 0 Å². The Kier molecular flexibility index (Phi) is 5.84. The number of amides is 2. The van der Waals surface area contributed by atoms with Gasteiger partial charge in [-0.05, 0) is 50.2 Å². The number of hydrogen-bond acceptors (Lipinski definition) is 8. The molecule has 0 spiro atoms. The number of fused-ring (bicyclic) bond motifs is 1. The van der Waals surface area contributed by atoms with Crippen LogP contribution in [0.3, 0.4) is 0 Å². The predicted octanol–water partition coefficient (Wildman–Crippen LogP) is 4.42. The van der Waals surface area contributed by atoms with E-state index in [0.29, 0.717) is 23.7 Å². The minimum Gasteiger partial charge on any atom is -0.460 e. The number of carbonyl (C=O) groups excluding carboxylic acids is 1. The molecule has 0 aliphatic carbocycles. The first-order valence-corrected chi connectivity index (χ1v) is 10.9. The standard InChI is InChI=1S/C25H22N8O2/c1-15-7-10-21(35-15)23-22(17-8-9-20-19(12-17)16(2)27-14-28-20)31-32-24(29-23)30-25(34)33(3)13-18-6-4-5-11-26-18/h4-12,14H,13H2,1-3H3,(H,29,30,32,34).